The molecule has 1 aromatic carbocycles. The molecule has 9 heteroatoms. The maximum atomic E-state index is 13.7. The zero-order chi connectivity index (χ0) is 24.6. The van der Waals surface area contributed by atoms with E-state index in [4.69, 9.17) is 9.16 Å². The van der Waals surface area contributed by atoms with Crippen LogP contribution in [0.1, 0.15) is 52.6 Å². The van der Waals surface area contributed by atoms with Gasteiger partial charge in [0.2, 0.25) is 6.54 Å². The van der Waals surface area contributed by atoms with E-state index >= 15 is 0 Å². The van der Waals surface area contributed by atoms with Crippen LogP contribution in [0.2, 0.25) is 18.1 Å². The molecule has 0 aromatic heterocycles. The Morgan fingerprint density at radius 3 is 2.36 bits per heavy atom. The quantitative estimate of drug-likeness (QED) is 0.129. The molecule has 2 amide bonds. The standard InChI is InChI=1S/C24H36N2O6Si/c1-6-33(7-2,8-3)32-22(15-14-20(18(4)5)16-25(29)30)23(27)26-21(17-31-24(26)28)19-12-10-9-11-13-19/h9-13,15,18,20-21H,6-8,14,16-17H2,1-5H3/b22-15-/t20-,21+/m1/s1. The molecular formula is C24H36N2O6Si. The molecule has 2 rings (SSSR count). The lowest BCUT2D eigenvalue weighted by atomic mass is 9.92. The number of hydrogen-bond donors (Lipinski definition) is 0. The Kier molecular flexibility index (Phi) is 9.64. The van der Waals surface area contributed by atoms with Gasteiger partial charge in [0.25, 0.3) is 14.2 Å². The molecule has 8 nitrogen and oxygen atoms in total. The van der Waals surface area contributed by atoms with Crippen molar-refractivity contribution in [3.63, 3.8) is 0 Å². The van der Waals surface area contributed by atoms with Crippen LogP contribution in [0.4, 0.5) is 4.79 Å². The van der Waals surface area contributed by atoms with E-state index in [1.54, 1.807) is 6.08 Å². The van der Waals surface area contributed by atoms with Crippen LogP contribution in [0.5, 0.6) is 0 Å². The minimum Gasteiger partial charge on any atom is -0.540 e. The van der Waals surface area contributed by atoms with Crippen LogP contribution in [0.25, 0.3) is 0 Å². The molecule has 0 bridgehead atoms. The fourth-order valence-corrected chi connectivity index (χ4v) is 6.64. The van der Waals surface area contributed by atoms with Crippen molar-refractivity contribution in [1.82, 2.24) is 4.90 Å². The van der Waals surface area contributed by atoms with E-state index in [-0.39, 0.29) is 35.7 Å². The molecule has 0 unspecified atom stereocenters. The first-order valence-electron chi connectivity index (χ1n) is 11.7. The zero-order valence-corrected chi connectivity index (χ0v) is 21.3. The van der Waals surface area contributed by atoms with E-state index in [0.717, 1.165) is 28.6 Å². The summed E-state index contributed by atoms with van der Waals surface area (Å²) >= 11 is 0. The van der Waals surface area contributed by atoms with Gasteiger partial charge in [-0.15, -0.1) is 0 Å². The summed E-state index contributed by atoms with van der Waals surface area (Å²) in [5.41, 5.74) is 0.800. The number of cyclic esters (lactones) is 1. The van der Waals surface area contributed by atoms with Gasteiger partial charge in [-0.3, -0.25) is 14.9 Å². The monoisotopic (exact) mass is 476 g/mol. The molecular weight excluding hydrogens is 440 g/mol. The van der Waals surface area contributed by atoms with Crippen LogP contribution in [0, 0.1) is 22.0 Å². The van der Waals surface area contributed by atoms with Crippen molar-refractivity contribution in [2.75, 3.05) is 13.2 Å². The third-order valence-electron chi connectivity index (χ3n) is 6.68. The second kappa shape index (κ2) is 12.0. The molecule has 0 spiro atoms. The first-order chi connectivity index (χ1) is 15.7. The van der Waals surface area contributed by atoms with Crippen LogP contribution >= 0.6 is 0 Å². The van der Waals surface area contributed by atoms with Gasteiger partial charge in [0.15, 0.2) is 5.76 Å². The predicted octanol–water partition coefficient (Wildman–Crippen LogP) is 5.55. The number of carbonyl (C=O) groups is 2. The maximum Gasteiger partial charge on any atom is 0.417 e. The van der Waals surface area contributed by atoms with Gasteiger partial charge < -0.3 is 9.16 Å². The molecule has 1 heterocycles. The van der Waals surface area contributed by atoms with Crippen molar-refractivity contribution in [3.8, 4) is 0 Å². The SMILES string of the molecule is CC[Si](CC)(CC)O/C(=C\C[C@H](C[N+](=O)[O-])C(C)C)C(=O)N1C(=O)OC[C@H]1c1ccccc1. The summed E-state index contributed by atoms with van der Waals surface area (Å²) in [5.74, 6) is -0.617. The van der Waals surface area contributed by atoms with Gasteiger partial charge in [-0.05, 0) is 42.1 Å². The summed E-state index contributed by atoms with van der Waals surface area (Å²) in [7, 11) is -2.25. The van der Waals surface area contributed by atoms with Crippen molar-refractivity contribution in [2.45, 2.75) is 65.2 Å². The fourth-order valence-electron chi connectivity index (χ4n) is 4.06. The minimum atomic E-state index is -2.25. The van der Waals surface area contributed by atoms with Gasteiger partial charge >= 0.3 is 6.09 Å². The van der Waals surface area contributed by atoms with E-state index in [0.29, 0.717) is 6.42 Å². The molecule has 1 aliphatic rings. The van der Waals surface area contributed by atoms with E-state index in [2.05, 4.69) is 20.8 Å². The highest BCUT2D eigenvalue weighted by Crippen LogP contribution is 2.32. The molecule has 0 radical (unpaired) electrons. The Balaban J connectivity index is 2.43. The van der Waals surface area contributed by atoms with Gasteiger partial charge in [-0.2, -0.15) is 0 Å². The number of nitro groups is 1. The minimum absolute atomic E-state index is 0.0577. The van der Waals surface area contributed by atoms with Crippen molar-refractivity contribution in [1.29, 1.82) is 0 Å². The third kappa shape index (κ3) is 6.66. The summed E-state index contributed by atoms with van der Waals surface area (Å²) in [6, 6.07) is 11.2. The number of ether oxygens (including phenoxy) is 1. The number of allylic oxidation sites excluding steroid dienone is 1. The Morgan fingerprint density at radius 1 is 1.24 bits per heavy atom. The zero-order valence-electron chi connectivity index (χ0n) is 20.3. The lowest BCUT2D eigenvalue weighted by Crippen LogP contribution is -2.41. The summed E-state index contributed by atoms with van der Waals surface area (Å²) in [4.78, 5) is 38.2. The number of amides is 2. The predicted molar refractivity (Wildman–Crippen MR) is 129 cm³/mol. The first kappa shape index (κ1) is 26.6. The van der Waals surface area contributed by atoms with Gasteiger partial charge in [0, 0.05) is 10.8 Å². The van der Waals surface area contributed by atoms with E-state index in [1.807, 2.05) is 44.2 Å². The highest BCUT2D eigenvalue weighted by molar-refractivity contribution is 6.74. The maximum absolute atomic E-state index is 13.7. The van der Waals surface area contributed by atoms with Crippen LogP contribution in [0.15, 0.2) is 42.2 Å². The molecule has 2 atom stereocenters. The summed E-state index contributed by atoms with van der Waals surface area (Å²) in [6.45, 7) is 9.92. The highest BCUT2D eigenvalue weighted by atomic mass is 28.4. The largest absolute Gasteiger partial charge is 0.540 e. The molecule has 33 heavy (non-hydrogen) atoms. The molecule has 1 aromatic rings. The van der Waals surface area contributed by atoms with Crippen LogP contribution in [-0.2, 0) is 14.0 Å². The average Bonchev–Trinajstić information content (AvgIpc) is 3.20. The Morgan fingerprint density at radius 2 is 1.85 bits per heavy atom. The summed E-state index contributed by atoms with van der Waals surface area (Å²) in [6.07, 6.45) is 1.28. The van der Waals surface area contributed by atoms with Crippen LogP contribution < -0.4 is 0 Å². The molecule has 0 aliphatic carbocycles. The normalized spacial score (nSPS) is 17.8. The summed E-state index contributed by atoms with van der Waals surface area (Å²) < 4.78 is 11.7. The number of nitrogens with zero attached hydrogens (tertiary/aromatic N) is 2. The van der Waals surface area contributed by atoms with Gasteiger partial charge in [0.1, 0.15) is 12.6 Å². The number of imide groups is 1. The topological polar surface area (TPSA) is 99.0 Å². The third-order valence-corrected chi connectivity index (χ3v) is 11.2. The number of carbonyl (C=O) groups excluding carboxylic acids is 2. The first-order valence-corrected chi connectivity index (χ1v) is 14.3. The smallest absolute Gasteiger partial charge is 0.417 e. The molecule has 182 valence electrons. The van der Waals surface area contributed by atoms with Gasteiger partial charge in [-0.1, -0.05) is 65.0 Å². The van der Waals surface area contributed by atoms with E-state index < -0.39 is 26.4 Å². The fraction of sp³-hybridized carbons (Fsp3) is 0.583. The van der Waals surface area contributed by atoms with Crippen LogP contribution in [-0.4, -0.2) is 43.3 Å². The van der Waals surface area contributed by atoms with E-state index in [9.17, 15) is 19.7 Å². The second-order valence-corrected chi connectivity index (χ2v) is 13.5. The molecule has 1 aliphatic heterocycles. The number of benzene rings is 1. The molecule has 1 saturated heterocycles. The Labute approximate surface area is 197 Å². The molecule has 0 N–H and O–H groups in total. The van der Waals surface area contributed by atoms with E-state index in [1.165, 1.54) is 0 Å². The lowest BCUT2D eigenvalue weighted by molar-refractivity contribution is -0.489. The van der Waals surface area contributed by atoms with Crippen LogP contribution in [0.3, 0.4) is 0 Å². The van der Waals surface area contributed by atoms with Crippen molar-refractivity contribution in [3.05, 3.63) is 57.8 Å². The second-order valence-electron chi connectivity index (χ2n) is 8.85. The highest BCUT2D eigenvalue weighted by Gasteiger charge is 2.42. The van der Waals surface area contributed by atoms with Gasteiger partial charge in [0.05, 0.1) is 0 Å². The summed E-state index contributed by atoms with van der Waals surface area (Å²) in [5, 5.41) is 11.1. The number of hydrogen-bond acceptors (Lipinski definition) is 6. The van der Waals surface area contributed by atoms with Gasteiger partial charge in [-0.25, -0.2) is 9.69 Å². The average molecular weight is 477 g/mol. The van der Waals surface area contributed by atoms with Crippen molar-refractivity contribution < 1.29 is 23.7 Å². The number of rotatable bonds is 12. The molecule has 0 saturated carbocycles. The van der Waals surface area contributed by atoms with Crippen molar-refractivity contribution in [2.24, 2.45) is 11.8 Å². The Bertz CT molecular complexity index is 846. The molecule has 1 fully saturated rings. The lowest BCUT2D eigenvalue weighted by Gasteiger charge is -2.31. The van der Waals surface area contributed by atoms with Crippen molar-refractivity contribution >= 4 is 20.3 Å². The Hall–Kier alpha value is -2.68.